The Hall–Kier alpha value is -0.380. The first-order valence-corrected chi connectivity index (χ1v) is 12.4. The minimum Gasteiger partial charge on any atom is -0.389 e. The third-order valence-corrected chi connectivity index (χ3v) is 11.8. The van der Waals surface area contributed by atoms with Crippen LogP contribution in [0.5, 0.6) is 0 Å². The SMILES string of the molecule is C=C[C@H](O)[C@@H](C)[C@H]1CC[C@H]2[C@@H]3CC4(OCCO4)[C@]45C[C@H]4CC[C@]5(C)[C@H]3CC[C@]12C. The Morgan fingerprint density at radius 3 is 2.45 bits per heavy atom. The van der Waals surface area contributed by atoms with Crippen LogP contribution in [-0.4, -0.2) is 30.2 Å². The molecular weight excluding hydrogens is 360 g/mol. The van der Waals surface area contributed by atoms with E-state index in [1.54, 1.807) is 6.08 Å². The average Bonchev–Trinajstić information content (AvgIpc) is 2.99. The standard InChI is InChI=1S/C26H40O3/c1-5-22(27)16(2)19-6-7-20-18-15-26(28-12-13-29-26)25-14-17(25)8-11-24(25,4)21(18)9-10-23(19,20)3/h5,16-22,27H,1,6-15H2,2-4H3/t16-,17+,18-,19+,20-,21-,22-,23+,24+,25+/m0/s1. The molecule has 0 aromatic heterocycles. The van der Waals surface area contributed by atoms with Crippen molar-refractivity contribution in [1.82, 2.24) is 0 Å². The molecule has 5 saturated carbocycles. The van der Waals surface area contributed by atoms with Gasteiger partial charge >= 0.3 is 0 Å². The molecule has 10 atom stereocenters. The Bertz CT molecular complexity index is 713. The molecule has 6 fully saturated rings. The van der Waals surface area contributed by atoms with Crippen molar-refractivity contribution in [1.29, 1.82) is 0 Å². The highest BCUT2D eigenvalue weighted by atomic mass is 16.7. The zero-order chi connectivity index (χ0) is 20.2. The van der Waals surface area contributed by atoms with Crippen molar-refractivity contribution >= 4 is 0 Å². The summed E-state index contributed by atoms with van der Waals surface area (Å²) in [7, 11) is 0. The Kier molecular flexibility index (Phi) is 3.93. The monoisotopic (exact) mass is 400 g/mol. The number of hydrogen-bond donors (Lipinski definition) is 1. The number of rotatable bonds is 3. The van der Waals surface area contributed by atoms with E-state index < -0.39 is 0 Å². The summed E-state index contributed by atoms with van der Waals surface area (Å²) in [5, 5.41) is 10.5. The van der Waals surface area contributed by atoms with Gasteiger partial charge in [-0.05, 0) is 91.3 Å². The maximum absolute atomic E-state index is 10.5. The summed E-state index contributed by atoms with van der Waals surface area (Å²) in [4.78, 5) is 0. The topological polar surface area (TPSA) is 38.7 Å². The third-order valence-electron chi connectivity index (χ3n) is 11.8. The quantitative estimate of drug-likeness (QED) is 0.663. The number of fused-ring (bicyclic) bond motifs is 4. The van der Waals surface area contributed by atoms with E-state index in [9.17, 15) is 5.11 Å². The Morgan fingerprint density at radius 1 is 1.00 bits per heavy atom. The van der Waals surface area contributed by atoms with Crippen LogP contribution in [0.2, 0.25) is 0 Å². The van der Waals surface area contributed by atoms with Crippen molar-refractivity contribution in [2.45, 2.75) is 84.0 Å². The number of hydrogen-bond acceptors (Lipinski definition) is 3. The second-order valence-electron chi connectivity index (χ2n) is 12.2. The van der Waals surface area contributed by atoms with Gasteiger partial charge in [-0.25, -0.2) is 0 Å². The largest absolute Gasteiger partial charge is 0.389 e. The van der Waals surface area contributed by atoms with E-state index in [-0.39, 0.29) is 11.9 Å². The van der Waals surface area contributed by atoms with E-state index in [2.05, 4.69) is 27.4 Å². The first kappa shape index (κ1) is 19.3. The zero-order valence-electron chi connectivity index (χ0n) is 18.7. The molecule has 3 heteroatoms. The van der Waals surface area contributed by atoms with E-state index >= 15 is 0 Å². The van der Waals surface area contributed by atoms with E-state index in [4.69, 9.17) is 9.47 Å². The summed E-state index contributed by atoms with van der Waals surface area (Å²) in [5.74, 6) is 3.78. The fourth-order valence-corrected chi connectivity index (χ4v) is 10.5. The predicted molar refractivity (Wildman–Crippen MR) is 113 cm³/mol. The van der Waals surface area contributed by atoms with Crippen LogP contribution in [-0.2, 0) is 9.47 Å². The number of aliphatic hydroxyl groups is 1. The Labute approximate surface area is 176 Å². The van der Waals surface area contributed by atoms with Gasteiger partial charge in [0.05, 0.1) is 19.3 Å². The molecule has 0 radical (unpaired) electrons. The third kappa shape index (κ3) is 2.07. The van der Waals surface area contributed by atoms with Crippen LogP contribution in [0.1, 0.15) is 72.1 Å². The van der Waals surface area contributed by atoms with Gasteiger partial charge in [0.1, 0.15) is 0 Å². The van der Waals surface area contributed by atoms with Crippen LogP contribution in [0.3, 0.4) is 0 Å². The van der Waals surface area contributed by atoms with E-state index in [1.807, 2.05) is 0 Å². The molecule has 29 heavy (non-hydrogen) atoms. The second-order valence-corrected chi connectivity index (χ2v) is 12.2. The normalized spacial score (nSPS) is 56.2. The summed E-state index contributed by atoms with van der Waals surface area (Å²) >= 11 is 0. The van der Waals surface area contributed by atoms with Gasteiger partial charge in [0.15, 0.2) is 5.79 Å². The number of ether oxygens (including phenoxy) is 2. The predicted octanol–water partition coefficient (Wildman–Crippen LogP) is 5.18. The first-order chi connectivity index (χ1) is 13.8. The van der Waals surface area contributed by atoms with Crippen LogP contribution < -0.4 is 0 Å². The molecule has 2 spiro atoms. The van der Waals surface area contributed by atoms with Crippen molar-refractivity contribution in [3.8, 4) is 0 Å². The van der Waals surface area contributed by atoms with Crippen molar-refractivity contribution < 1.29 is 14.6 Å². The molecule has 162 valence electrons. The fourth-order valence-electron chi connectivity index (χ4n) is 10.5. The van der Waals surface area contributed by atoms with Gasteiger partial charge in [-0.3, -0.25) is 0 Å². The average molecular weight is 401 g/mol. The van der Waals surface area contributed by atoms with Crippen LogP contribution in [0, 0.1) is 51.8 Å². The highest BCUT2D eigenvalue weighted by molar-refractivity contribution is 5.29. The molecule has 0 amide bonds. The smallest absolute Gasteiger partial charge is 0.175 e. The van der Waals surface area contributed by atoms with Crippen molar-refractivity contribution in [2.24, 2.45) is 51.8 Å². The minimum absolute atomic E-state index is 0.285. The molecule has 0 aromatic rings. The van der Waals surface area contributed by atoms with Gasteiger partial charge in [-0.1, -0.05) is 26.8 Å². The maximum Gasteiger partial charge on any atom is 0.175 e. The molecule has 6 rings (SSSR count). The maximum atomic E-state index is 10.5. The highest BCUT2D eigenvalue weighted by Crippen LogP contribution is 2.85. The molecule has 1 heterocycles. The van der Waals surface area contributed by atoms with Crippen LogP contribution in [0.4, 0.5) is 0 Å². The Balaban J connectivity index is 1.37. The van der Waals surface area contributed by atoms with Gasteiger partial charge in [0.25, 0.3) is 0 Å². The molecule has 0 aromatic carbocycles. The summed E-state index contributed by atoms with van der Waals surface area (Å²) in [6.07, 6.45) is 11.9. The molecule has 5 aliphatic carbocycles. The molecule has 1 saturated heterocycles. The fraction of sp³-hybridized carbons (Fsp3) is 0.923. The molecule has 0 bridgehead atoms. The van der Waals surface area contributed by atoms with Crippen LogP contribution in [0.25, 0.3) is 0 Å². The summed E-state index contributed by atoms with van der Waals surface area (Å²) in [6.45, 7) is 12.9. The van der Waals surface area contributed by atoms with Gasteiger partial charge < -0.3 is 14.6 Å². The van der Waals surface area contributed by atoms with E-state index in [1.165, 1.54) is 44.9 Å². The van der Waals surface area contributed by atoms with Gasteiger partial charge in [0.2, 0.25) is 0 Å². The van der Waals surface area contributed by atoms with Crippen molar-refractivity contribution in [3.05, 3.63) is 12.7 Å². The zero-order valence-corrected chi connectivity index (χ0v) is 18.7. The van der Waals surface area contributed by atoms with Crippen LogP contribution >= 0.6 is 0 Å². The first-order valence-electron chi connectivity index (χ1n) is 12.4. The highest BCUT2D eigenvalue weighted by Gasteiger charge is 2.83. The lowest BCUT2D eigenvalue weighted by molar-refractivity contribution is -0.294. The van der Waals surface area contributed by atoms with E-state index in [0.717, 1.165) is 43.3 Å². The Morgan fingerprint density at radius 2 is 1.76 bits per heavy atom. The van der Waals surface area contributed by atoms with Gasteiger partial charge in [-0.15, -0.1) is 6.58 Å². The van der Waals surface area contributed by atoms with Gasteiger partial charge in [-0.2, -0.15) is 0 Å². The summed E-state index contributed by atoms with van der Waals surface area (Å²) < 4.78 is 13.2. The lowest BCUT2D eigenvalue weighted by atomic mass is 9.44. The second kappa shape index (κ2) is 5.90. The molecule has 0 unspecified atom stereocenters. The summed E-state index contributed by atoms with van der Waals surface area (Å²) in [5.41, 5.74) is 1.05. The van der Waals surface area contributed by atoms with Gasteiger partial charge in [0, 0.05) is 11.8 Å². The minimum atomic E-state index is -0.379. The number of aliphatic hydroxyl groups excluding tert-OH is 1. The van der Waals surface area contributed by atoms with Crippen molar-refractivity contribution in [2.75, 3.05) is 13.2 Å². The molecule has 6 aliphatic rings. The van der Waals surface area contributed by atoms with Crippen LogP contribution in [0.15, 0.2) is 12.7 Å². The molecule has 1 N–H and O–H groups in total. The van der Waals surface area contributed by atoms with E-state index in [0.29, 0.717) is 28.1 Å². The summed E-state index contributed by atoms with van der Waals surface area (Å²) in [6, 6.07) is 0. The lowest BCUT2D eigenvalue weighted by Gasteiger charge is -2.63. The molecule has 3 nitrogen and oxygen atoms in total. The molecular formula is C26H40O3. The lowest BCUT2D eigenvalue weighted by Crippen LogP contribution is -2.62. The van der Waals surface area contributed by atoms with Crippen molar-refractivity contribution in [3.63, 3.8) is 0 Å². The molecule has 1 aliphatic heterocycles.